The monoisotopic (exact) mass is 363 g/mol. The van der Waals surface area contributed by atoms with Crippen LogP contribution in [0.25, 0.3) is 0 Å². The molecule has 126 valence electrons. The Morgan fingerprint density at radius 2 is 1.96 bits per heavy atom. The van der Waals surface area contributed by atoms with Crippen molar-refractivity contribution in [3.63, 3.8) is 0 Å². The molecule has 0 atom stereocenters. The lowest BCUT2D eigenvalue weighted by Crippen LogP contribution is -2.13. The van der Waals surface area contributed by atoms with Gasteiger partial charge in [-0.1, -0.05) is 17.7 Å². The Kier molecular flexibility index (Phi) is 6.29. The van der Waals surface area contributed by atoms with Gasteiger partial charge in [-0.05, 0) is 49.1 Å². The van der Waals surface area contributed by atoms with Crippen molar-refractivity contribution in [2.24, 2.45) is 0 Å². The molecular weight excluding hydrogens is 346 g/mol. The number of amides is 1. The quantitative estimate of drug-likeness (QED) is 0.602. The molecular formula is C18H18ClNO3S. The summed E-state index contributed by atoms with van der Waals surface area (Å²) >= 11 is 7.52. The number of aryl methyl sites for hydroxylation is 1. The zero-order valence-corrected chi connectivity index (χ0v) is 15.3. The molecule has 0 spiro atoms. The summed E-state index contributed by atoms with van der Waals surface area (Å²) in [5.41, 5.74) is 2.22. The number of ketones is 1. The molecule has 4 nitrogen and oxygen atoms in total. The third kappa shape index (κ3) is 4.76. The number of hydrogen-bond acceptors (Lipinski definition) is 4. The number of Topliss-reactive ketones (excluding diaryl/α,β-unsaturated/α-hetero) is 1. The van der Waals surface area contributed by atoms with Crippen LogP contribution in [0.3, 0.4) is 0 Å². The fraction of sp³-hybridized carbons (Fsp3) is 0.222. The molecule has 0 heterocycles. The van der Waals surface area contributed by atoms with Crippen molar-refractivity contribution in [2.45, 2.75) is 18.7 Å². The van der Waals surface area contributed by atoms with E-state index < -0.39 is 0 Å². The number of nitrogens with one attached hydrogen (secondary N) is 1. The molecule has 0 aromatic heterocycles. The van der Waals surface area contributed by atoms with Crippen LogP contribution in [0.2, 0.25) is 5.02 Å². The molecule has 24 heavy (non-hydrogen) atoms. The Hall–Kier alpha value is -1.98. The van der Waals surface area contributed by atoms with E-state index in [2.05, 4.69) is 5.32 Å². The first kappa shape index (κ1) is 18.4. The summed E-state index contributed by atoms with van der Waals surface area (Å²) in [6, 6.07) is 10.6. The largest absolute Gasteiger partial charge is 0.484 e. The van der Waals surface area contributed by atoms with Crippen LogP contribution in [0.5, 0.6) is 5.75 Å². The van der Waals surface area contributed by atoms with Gasteiger partial charge in [-0.3, -0.25) is 9.59 Å². The van der Waals surface area contributed by atoms with E-state index in [-0.39, 0.29) is 18.3 Å². The first-order chi connectivity index (χ1) is 11.4. The van der Waals surface area contributed by atoms with Gasteiger partial charge in [0.15, 0.2) is 12.4 Å². The van der Waals surface area contributed by atoms with Crippen molar-refractivity contribution in [1.29, 1.82) is 0 Å². The van der Waals surface area contributed by atoms with Crippen molar-refractivity contribution in [3.05, 3.63) is 52.5 Å². The molecule has 0 saturated heterocycles. The van der Waals surface area contributed by atoms with Crippen LogP contribution in [0.4, 0.5) is 5.69 Å². The van der Waals surface area contributed by atoms with E-state index >= 15 is 0 Å². The maximum Gasteiger partial charge on any atom is 0.221 e. The minimum absolute atomic E-state index is 0.101. The number of hydrogen-bond donors (Lipinski definition) is 1. The summed E-state index contributed by atoms with van der Waals surface area (Å²) in [5, 5.41) is 3.21. The predicted molar refractivity (Wildman–Crippen MR) is 98.5 cm³/mol. The molecule has 0 fully saturated rings. The second kappa shape index (κ2) is 8.22. The molecule has 0 aliphatic heterocycles. The zero-order valence-electron chi connectivity index (χ0n) is 13.7. The zero-order chi connectivity index (χ0) is 17.7. The van der Waals surface area contributed by atoms with E-state index in [0.29, 0.717) is 22.0 Å². The average molecular weight is 364 g/mol. The maximum absolute atomic E-state index is 12.4. The van der Waals surface area contributed by atoms with E-state index in [1.807, 2.05) is 19.2 Å². The lowest BCUT2D eigenvalue weighted by Gasteiger charge is -2.11. The van der Waals surface area contributed by atoms with Gasteiger partial charge in [0.2, 0.25) is 5.91 Å². The summed E-state index contributed by atoms with van der Waals surface area (Å²) in [6.45, 7) is 3.27. The molecule has 0 radical (unpaired) electrons. The summed E-state index contributed by atoms with van der Waals surface area (Å²) < 4.78 is 5.54. The smallest absolute Gasteiger partial charge is 0.221 e. The number of thioether (sulfide) groups is 1. The van der Waals surface area contributed by atoms with E-state index in [4.69, 9.17) is 16.3 Å². The van der Waals surface area contributed by atoms with E-state index in [1.165, 1.54) is 18.7 Å². The lowest BCUT2D eigenvalue weighted by molar-refractivity contribution is -0.114. The third-order valence-corrected chi connectivity index (χ3v) is 4.37. The molecule has 1 N–H and O–H groups in total. The van der Waals surface area contributed by atoms with Gasteiger partial charge in [0, 0.05) is 17.4 Å². The Morgan fingerprint density at radius 3 is 2.62 bits per heavy atom. The second-order valence-corrected chi connectivity index (χ2v) is 6.50. The maximum atomic E-state index is 12.4. The highest BCUT2D eigenvalue weighted by molar-refractivity contribution is 7.98. The minimum Gasteiger partial charge on any atom is -0.484 e. The van der Waals surface area contributed by atoms with Crippen LogP contribution in [-0.2, 0) is 4.79 Å². The van der Waals surface area contributed by atoms with Crippen molar-refractivity contribution >= 4 is 40.7 Å². The van der Waals surface area contributed by atoms with Gasteiger partial charge < -0.3 is 10.1 Å². The second-order valence-electron chi connectivity index (χ2n) is 5.24. The van der Waals surface area contributed by atoms with Gasteiger partial charge in [0.05, 0.1) is 10.7 Å². The van der Waals surface area contributed by atoms with Crippen LogP contribution in [-0.4, -0.2) is 24.6 Å². The molecule has 2 aromatic carbocycles. The Balaban J connectivity index is 2.12. The van der Waals surface area contributed by atoms with Gasteiger partial charge in [-0.2, -0.15) is 0 Å². The molecule has 6 heteroatoms. The fourth-order valence-corrected chi connectivity index (χ4v) is 2.86. The SMILES string of the molecule is CSc1cc(C(=O)COc2cc(C)ccc2Cl)ccc1NC(C)=O. The van der Waals surface area contributed by atoms with E-state index in [1.54, 1.807) is 30.3 Å². The highest BCUT2D eigenvalue weighted by Crippen LogP contribution is 2.28. The van der Waals surface area contributed by atoms with Crippen LogP contribution in [0.1, 0.15) is 22.8 Å². The molecule has 1 amide bonds. The summed E-state index contributed by atoms with van der Waals surface area (Å²) in [7, 11) is 0. The molecule has 0 saturated carbocycles. The van der Waals surface area contributed by atoms with Gasteiger partial charge in [-0.15, -0.1) is 11.8 Å². The Bertz CT molecular complexity index is 777. The Morgan fingerprint density at radius 1 is 1.21 bits per heavy atom. The summed E-state index contributed by atoms with van der Waals surface area (Å²) in [6.07, 6.45) is 1.89. The molecule has 0 unspecified atom stereocenters. The predicted octanol–water partition coefficient (Wildman–Crippen LogP) is 4.59. The number of carbonyl (C=O) groups is 2. The lowest BCUT2D eigenvalue weighted by atomic mass is 10.1. The van der Waals surface area contributed by atoms with Crippen LogP contribution < -0.4 is 10.1 Å². The number of benzene rings is 2. The fourth-order valence-electron chi connectivity index (χ4n) is 2.11. The highest BCUT2D eigenvalue weighted by atomic mass is 35.5. The molecule has 0 bridgehead atoms. The number of ether oxygens (including phenoxy) is 1. The number of anilines is 1. The van der Waals surface area contributed by atoms with Gasteiger partial charge in [0.25, 0.3) is 0 Å². The Labute approximate surface area is 150 Å². The van der Waals surface area contributed by atoms with E-state index in [9.17, 15) is 9.59 Å². The van der Waals surface area contributed by atoms with Crippen LogP contribution in [0.15, 0.2) is 41.3 Å². The van der Waals surface area contributed by atoms with Gasteiger partial charge in [0.1, 0.15) is 5.75 Å². The normalized spacial score (nSPS) is 10.3. The third-order valence-electron chi connectivity index (χ3n) is 3.28. The topological polar surface area (TPSA) is 55.4 Å². The summed E-state index contributed by atoms with van der Waals surface area (Å²) in [4.78, 5) is 24.4. The van der Waals surface area contributed by atoms with E-state index in [0.717, 1.165) is 10.5 Å². The number of rotatable bonds is 6. The molecule has 2 rings (SSSR count). The number of carbonyl (C=O) groups excluding carboxylic acids is 2. The molecule has 2 aromatic rings. The molecule has 0 aliphatic carbocycles. The van der Waals surface area contributed by atoms with Crippen LogP contribution >= 0.6 is 23.4 Å². The standard InChI is InChI=1S/C18H18ClNO3S/c1-11-4-6-14(19)17(8-11)23-10-16(22)13-5-7-15(20-12(2)21)18(9-13)24-3/h4-9H,10H2,1-3H3,(H,20,21). The van der Waals surface area contributed by atoms with Gasteiger partial charge >= 0.3 is 0 Å². The van der Waals surface area contributed by atoms with Gasteiger partial charge in [-0.25, -0.2) is 0 Å². The summed E-state index contributed by atoms with van der Waals surface area (Å²) in [5.74, 6) is 0.184. The van der Waals surface area contributed by atoms with Crippen molar-refractivity contribution in [1.82, 2.24) is 0 Å². The first-order valence-electron chi connectivity index (χ1n) is 7.28. The van der Waals surface area contributed by atoms with Crippen LogP contribution in [0, 0.1) is 6.92 Å². The first-order valence-corrected chi connectivity index (χ1v) is 8.88. The van der Waals surface area contributed by atoms with Crippen molar-refractivity contribution in [3.8, 4) is 5.75 Å². The number of halogens is 1. The van der Waals surface area contributed by atoms with Crippen molar-refractivity contribution < 1.29 is 14.3 Å². The van der Waals surface area contributed by atoms with Crippen molar-refractivity contribution in [2.75, 3.05) is 18.2 Å². The average Bonchev–Trinajstić information content (AvgIpc) is 2.55. The molecule has 0 aliphatic rings. The minimum atomic E-state index is -0.155. The highest BCUT2D eigenvalue weighted by Gasteiger charge is 2.12.